The first-order valence-corrected chi connectivity index (χ1v) is 9.66. The van der Waals surface area contributed by atoms with E-state index in [9.17, 15) is 22.4 Å². The number of aromatic nitrogens is 2. The number of alkyl halides is 3. The Morgan fingerprint density at radius 2 is 1.83 bits per heavy atom. The highest BCUT2D eigenvalue weighted by Crippen LogP contribution is 2.43. The molecule has 29 heavy (non-hydrogen) atoms. The molecule has 158 valence electrons. The first-order chi connectivity index (χ1) is 13.5. The van der Waals surface area contributed by atoms with Crippen LogP contribution in [0, 0.1) is 18.2 Å². The number of hydrogen-bond donors (Lipinski definition) is 1. The summed E-state index contributed by atoms with van der Waals surface area (Å²) in [6, 6.07) is 5.91. The molecular formula is C21H25F4N3O. The summed E-state index contributed by atoms with van der Waals surface area (Å²) in [4.78, 5) is 12.5. The minimum absolute atomic E-state index is 0.239. The number of carbonyl (C=O) groups is 1. The number of rotatable bonds is 6. The molecule has 2 aromatic rings. The van der Waals surface area contributed by atoms with Crippen LogP contribution in [0.3, 0.4) is 0 Å². The number of benzene rings is 1. The van der Waals surface area contributed by atoms with Gasteiger partial charge in [-0.3, -0.25) is 4.79 Å². The molecule has 1 fully saturated rings. The van der Waals surface area contributed by atoms with Crippen molar-refractivity contribution in [2.75, 3.05) is 5.32 Å². The van der Waals surface area contributed by atoms with Crippen LogP contribution in [0.25, 0.3) is 0 Å². The van der Waals surface area contributed by atoms with Gasteiger partial charge in [-0.05, 0) is 43.4 Å². The van der Waals surface area contributed by atoms with Crippen molar-refractivity contribution in [1.82, 2.24) is 9.78 Å². The quantitative estimate of drug-likeness (QED) is 0.633. The predicted octanol–water partition coefficient (Wildman–Crippen LogP) is 5.56. The maximum Gasteiger partial charge on any atom is 0.394 e. The maximum atomic E-state index is 13.2. The van der Waals surface area contributed by atoms with Crippen LogP contribution in [-0.2, 0) is 11.3 Å². The third kappa shape index (κ3) is 4.62. The normalized spacial score (nSPS) is 15.3. The molecule has 8 heteroatoms. The molecule has 1 heterocycles. The number of anilines is 1. The number of amides is 1. The monoisotopic (exact) mass is 411 g/mol. The lowest BCUT2D eigenvalue weighted by molar-refractivity contribution is -0.213. The van der Waals surface area contributed by atoms with E-state index >= 15 is 0 Å². The molecule has 0 radical (unpaired) electrons. The maximum absolute atomic E-state index is 13.2. The van der Waals surface area contributed by atoms with E-state index in [1.807, 2.05) is 6.92 Å². The van der Waals surface area contributed by atoms with E-state index in [-0.39, 0.29) is 18.3 Å². The van der Waals surface area contributed by atoms with Crippen molar-refractivity contribution in [1.29, 1.82) is 0 Å². The zero-order valence-corrected chi connectivity index (χ0v) is 16.7. The largest absolute Gasteiger partial charge is 0.394 e. The molecule has 1 saturated carbocycles. The summed E-state index contributed by atoms with van der Waals surface area (Å²) < 4.78 is 54.3. The number of carbonyl (C=O) groups excluding carboxylic acids is 1. The minimum atomic E-state index is -4.48. The molecule has 1 amide bonds. The molecule has 1 aromatic heterocycles. The van der Waals surface area contributed by atoms with E-state index in [0.717, 1.165) is 49.9 Å². The van der Waals surface area contributed by atoms with Gasteiger partial charge in [-0.15, -0.1) is 0 Å². The first kappa shape index (κ1) is 21.3. The summed E-state index contributed by atoms with van der Waals surface area (Å²) in [5.41, 5.74) is 0.281. The highest BCUT2D eigenvalue weighted by atomic mass is 19.4. The molecule has 3 rings (SSSR count). The number of halogens is 4. The van der Waals surface area contributed by atoms with Gasteiger partial charge in [-0.1, -0.05) is 32.4 Å². The van der Waals surface area contributed by atoms with Crippen LogP contribution in [0.15, 0.2) is 24.3 Å². The Bertz CT molecular complexity index is 881. The van der Waals surface area contributed by atoms with Crippen LogP contribution in [0.4, 0.5) is 23.4 Å². The van der Waals surface area contributed by atoms with Crippen molar-refractivity contribution in [2.24, 2.45) is 5.41 Å². The molecule has 0 bridgehead atoms. The van der Waals surface area contributed by atoms with Crippen LogP contribution < -0.4 is 5.32 Å². The van der Waals surface area contributed by atoms with E-state index in [0.29, 0.717) is 5.82 Å². The summed E-state index contributed by atoms with van der Waals surface area (Å²) in [5.74, 6) is -0.376. The SMILES string of the molecule is Cc1nn(Cc2ccc(F)cc2)c(NC(=O)CC(C)(C)C(F)(F)F)c1C1CCC1. The van der Waals surface area contributed by atoms with Gasteiger partial charge in [0.1, 0.15) is 11.6 Å². The average Bonchev–Trinajstić information content (AvgIpc) is 2.83. The van der Waals surface area contributed by atoms with Gasteiger partial charge in [0.2, 0.25) is 5.91 Å². The smallest absolute Gasteiger partial charge is 0.311 e. The topological polar surface area (TPSA) is 46.9 Å². The van der Waals surface area contributed by atoms with Crippen LogP contribution in [0.5, 0.6) is 0 Å². The Labute approximate surface area is 167 Å². The summed E-state index contributed by atoms with van der Waals surface area (Å²) in [6.45, 7) is 4.15. The molecule has 0 unspecified atom stereocenters. The van der Waals surface area contributed by atoms with Gasteiger partial charge >= 0.3 is 6.18 Å². The molecule has 1 aliphatic carbocycles. The summed E-state index contributed by atoms with van der Waals surface area (Å²) >= 11 is 0. The lowest BCUT2D eigenvalue weighted by atomic mass is 9.79. The Balaban J connectivity index is 1.88. The summed E-state index contributed by atoms with van der Waals surface area (Å²) in [5, 5.41) is 7.21. The highest BCUT2D eigenvalue weighted by molar-refractivity contribution is 5.91. The second kappa shape index (κ2) is 7.80. The molecule has 4 nitrogen and oxygen atoms in total. The second-order valence-corrected chi connectivity index (χ2v) is 8.37. The Kier molecular flexibility index (Phi) is 5.74. The van der Waals surface area contributed by atoms with Crippen LogP contribution in [-0.4, -0.2) is 21.9 Å². The zero-order chi connectivity index (χ0) is 21.4. The van der Waals surface area contributed by atoms with Gasteiger partial charge in [-0.25, -0.2) is 9.07 Å². The van der Waals surface area contributed by atoms with Crippen molar-refractivity contribution in [3.8, 4) is 0 Å². The van der Waals surface area contributed by atoms with E-state index in [2.05, 4.69) is 10.4 Å². The zero-order valence-electron chi connectivity index (χ0n) is 16.7. The summed E-state index contributed by atoms with van der Waals surface area (Å²) in [7, 11) is 0. The summed E-state index contributed by atoms with van der Waals surface area (Å²) in [6.07, 6.45) is -2.17. The molecular weight excluding hydrogens is 386 g/mol. The molecule has 0 aliphatic heterocycles. The molecule has 0 atom stereocenters. The Hall–Kier alpha value is -2.38. The fourth-order valence-electron chi connectivity index (χ4n) is 3.47. The third-order valence-corrected chi connectivity index (χ3v) is 5.56. The van der Waals surface area contributed by atoms with Crippen molar-refractivity contribution in [3.05, 3.63) is 46.9 Å². The Morgan fingerprint density at radius 1 is 1.21 bits per heavy atom. The van der Waals surface area contributed by atoms with Crippen LogP contribution in [0.2, 0.25) is 0 Å². The van der Waals surface area contributed by atoms with Gasteiger partial charge < -0.3 is 5.32 Å². The molecule has 0 saturated heterocycles. The first-order valence-electron chi connectivity index (χ1n) is 9.66. The molecule has 1 aromatic carbocycles. The third-order valence-electron chi connectivity index (χ3n) is 5.56. The van der Waals surface area contributed by atoms with E-state index in [1.54, 1.807) is 16.8 Å². The van der Waals surface area contributed by atoms with Crippen LogP contribution >= 0.6 is 0 Å². The van der Waals surface area contributed by atoms with E-state index < -0.39 is 23.9 Å². The van der Waals surface area contributed by atoms with Crippen molar-refractivity contribution >= 4 is 11.7 Å². The predicted molar refractivity (Wildman–Crippen MR) is 102 cm³/mol. The number of hydrogen-bond acceptors (Lipinski definition) is 2. The van der Waals surface area contributed by atoms with Gasteiger partial charge in [0.05, 0.1) is 17.7 Å². The minimum Gasteiger partial charge on any atom is -0.311 e. The lowest BCUT2D eigenvalue weighted by Gasteiger charge is -2.28. The second-order valence-electron chi connectivity index (χ2n) is 8.37. The number of nitrogens with zero attached hydrogens (tertiary/aromatic N) is 2. The van der Waals surface area contributed by atoms with Gasteiger partial charge in [0, 0.05) is 12.0 Å². The fourth-order valence-corrected chi connectivity index (χ4v) is 3.47. The highest BCUT2D eigenvalue weighted by Gasteiger charge is 2.48. The molecule has 1 aliphatic rings. The van der Waals surface area contributed by atoms with Gasteiger partial charge in [0.25, 0.3) is 0 Å². The Morgan fingerprint density at radius 3 is 2.34 bits per heavy atom. The standard InChI is InChI=1S/C21H25F4N3O/c1-13-18(15-5-4-6-15)19(26-17(29)11-20(2,3)21(23,24)25)28(27-13)12-14-7-9-16(22)10-8-14/h7-10,15H,4-6,11-12H2,1-3H3,(H,26,29). The van der Waals surface area contributed by atoms with Crippen LogP contribution in [0.1, 0.15) is 62.3 Å². The fraction of sp³-hybridized carbons (Fsp3) is 0.524. The van der Waals surface area contributed by atoms with Gasteiger partial charge in [-0.2, -0.15) is 18.3 Å². The number of nitrogens with one attached hydrogen (secondary N) is 1. The average molecular weight is 411 g/mol. The van der Waals surface area contributed by atoms with E-state index in [4.69, 9.17) is 0 Å². The van der Waals surface area contributed by atoms with E-state index in [1.165, 1.54) is 12.1 Å². The molecule has 0 spiro atoms. The van der Waals surface area contributed by atoms with Gasteiger partial charge in [0.15, 0.2) is 0 Å². The van der Waals surface area contributed by atoms with Crippen molar-refractivity contribution < 1.29 is 22.4 Å². The number of aryl methyl sites for hydroxylation is 1. The molecule has 1 N–H and O–H groups in total. The lowest BCUT2D eigenvalue weighted by Crippen LogP contribution is -2.36. The van der Waals surface area contributed by atoms with Crippen molar-refractivity contribution in [3.63, 3.8) is 0 Å². The van der Waals surface area contributed by atoms with Crippen molar-refractivity contribution in [2.45, 2.75) is 65.1 Å².